The summed E-state index contributed by atoms with van der Waals surface area (Å²) in [4.78, 5) is 22.5. The summed E-state index contributed by atoms with van der Waals surface area (Å²) in [5, 5.41) is 14.8. The van der Waals surface area contributed by atoms with Crippen LogP contribution < -0.4 is 10.2 Å². The fourth-order valence-electron chi connectivity index (χ4n) is 3.33. The van der Waals surface area contributed by atoms with E-state index in [0.29, 0.717) is 22.8 Å². The minimum Gasteiger partial charge on any atom is -0.484 e. The Labute approximate surface area is 195 Å². The minimum atomic E-state index is -0.441. The number of carbonyl (C=O) groups excluding carboxylic acids is 1. The van der Waals surface area contributed by atoms with Gasteiger partial charge in [-0.3, -0.25) is 14.9 Å². The first kappa shape index (κ1) is 22.5. The van der Waals surface area contributed by atoms with Crippen LogP contribution in [0.4, 0.5) is 5.69 Å². The number of aryl methyl sites for hydroxylation is 1. The number of amides is 1. The van der Waals surface area contributed by atoms with Gasteiger partial charge in [0.15, 0.2) is 6.61 Å². The van der Waals surface area contributed by atoms with Crippen LogP contribution in [0.25, 0.3) is 22.5 Å². The molecular weight excluding hydrogens is 434 g/mol. The molecule has 0 spiro atoms. The molecule has 1 amide bonds. The van der Waals surface area contributed by atoms with Crippen molar-refractivity contribution >= 4 is 17.8 Å². The number of furan rings is 1. The molecule has 1 N–H and O–H groups in total. The quantitative estimate of drug-likeness (QED) is 0.219. The molecule has 170 valence electrons. The Balaban J connectivity index is 1.28. The zero-order valence-corrected chi connectivity index (χ0v) is 18.3. The Bertz CT molecular complexity index is 1330. The molecule has 0 atom stereocenters. The number of benzene rings is 3. The summed E-state index contributed by atoms with van der Waals surface area (Å²) in [5.41, 5.74) is 6.03. The van der Waals surface area contributed by atoms with Crippen molar-refractivity contribution in [2.45, 2.75) is 6.92 Å². The summed E-state index contributed by atoms with van der Waals surface area (Å²) in [6.45, 7) is 1.58. The number of carbonyl (C=O) groups is 1. The number of nitrogens with zero attached hydrogens (tertiary/aromatic N) is 2. The molecule has 8 nitrogen and oxygen atoms in total. The lowest BCUT2D eigenvalue weighted by atomic mass is 10.1. The van der Waals surface area contributed by atoms with Crippen LogP contribution in [0.5, 0.6) is 5.75 Å². The maximum Gasteiger partial charge on any atom is 0.277 e. The average molecular weight is 455 g/mol. The SMILES string of the molecule is Cc1cc([N+](=O)[O-])ccc1-c1ccc(/C=N\NC(=O)COc2ccc(-c3ccccc3)cc2)o1. The highest BCUT2D eigenvalue weighted by Crippen LogP contribution is 2.28. The lowest BCUT2D eigenvalue weighted by Gasteiger charge is -2.06. The van der Waals surface area contributed by atoms with Crippen LogP contribution >= 0.6 is 0 Å². The van der Waals surface area contributed by atoms with Crippen molar-refractivity contribution in [3.8, 4) is 28.2 Å². The second-order valence-corrected chi connectivity index (χ2v) is 7.43. The van der Waals surface area contributed by atoms with E-state index >= 15 is 0 Å². The van der Waals surface area contributed by atoms with Crippen molar-refractivity contribution in [1.29, 1.82) is 0 Å². The predicted molar refractivity (Wildman–Crippen MR) is 129 cm³/mol. The number of non-ortho nitro benzene ring substituents is 1. The maximum absolute atomic E-state index is 12.0. The average Bonchev–Trinajstić information content (AvgIpc) is 3.32. The van der Waals surface area contributed by atoms with Crippen molar-refractivity contribution in [3.63, 3.8) is 0 Å². The van der Waals surface area contributed by atoms with Gasteiger partial charge in [0, 0.05) is 17.7 Å². The third-order valence-corrected chi connectivity index (χ3v) is 5.03. The Morgan fingerprint density at radius 1 is 1.03 bits per heavy atom. The highest BCUT2D eigenvalue weighted by Gasteiger charge is 2.12. The molecule has 0 aliphatic carbocycles. The van der Waals surface area contributed by atoms with Crippen LogP contribution in [-0.4, -0.2) is 23.7 Å². The van der Waals surface area contributed by atoms with Gasteiger partial charge in [-0.25, -0.2) is 5.43 Å². The molecule has 0 aliphatic rings. The molecule has 8 heteroatoms. The van der Waals surface area contributed by atoms with Gasteiger partial charge in [0.1, 0.15) is 17.3 Å². The molecule has 0 radical (unpaired) electrons. The predicted octanol–water partition coefficient (Wildman–Crippen LogP) is 5.36. The molecule has 0 unspecified atom stereocenters. The van der Waals surface area contributed by atoms with Gasteiger partial charge in [-0.2, -0.15) is 5.10 Å². The Hall–Kier alpha value is -4.72. The van der Waals surface area contributed by atoms with Gasteiger partial charge in [0.2, 0.25) is 0 Å². The van der Waals surface area contributed by atoms with E-state index in [-0.39, 0.29) is 12.3 Å². The zero-order valence-electron chi connectivity index (χ0n) is 18.3. The molecule has 0 saturated carbocycles. The minimum absolute atomic E-state index is 0.0201. The molecule has 4 aromatic rings. The monoisotopic (exact) mass is 455 g/mol. The third-order valence-electron chi connectivity index (χ3n) is 5.03. The van der Waals surface area contributed by atoms with Crippen LogP contribution in [-0.2, 0) is 4.79 Å². The van der Waals surface area contributed by atoms with Crippen LogP contribution in [0, 0.1) is 17.0 Å². The summed E-state index contributed by atoms with van der Waals surface area (Å²) in [7, 11) is 0. The number of hydrazone groups is 1. The van der Waals surface area contributed by atoms with Crippen LogP contribution in [0.2, 0.25) is 0 Å². The molecule has 4 rings (SSSR count). The van der Waals surface area contributed by atoms with Crippen LogP contribution in [0.15, 0.2) is 94.4 Å². The Kier molecular flexibility index (Phi) is 6.78. The molecule has 1 heterocycles. The lowest BCUT2D eigenvalue weighted by molar-refractivity contribution is -0.384. The summed E-state index contributed by atoms with van der Waals surface area (Å²) in [6.07, 6.45) is 1.37. The zero-order chi connectivity index (χ0) is 23.9. The van der Waals surface area contributed by atoms with Gasteiger partial charge >= 0.3 is 0 Å². The number of hydrogen-bond donors (Lipinski definition) is 1. The summed E-state index contributed by atoms with van der Waals surface area (Å²) in [6, 6.07) is 25.4. The first-order valence-electron chi connectivity index (χ1n) is 10.4. The second kappa shape index (κ2) is 10.3. The maximum atomic E-state index is 12.0. The van der Waals surface area contributed by atoms with Gasteiger partial charge in [-0.05, 0) is 53.9 Å². The van der Waals surface area contributed by atoms with E-state index in [1.807, 2.05) is 54.6 Å². The Morgan fingerprint density at radius 3 is 2.47 bits per heavy atom. The number of nitro groups is 1. The molecule has 0 bridgehead atoms. The smallest absolute Gasteiger partial charge is 0.277 e. The fourth-order valence-corrected chi connectivity index (χ4v) is 3.33. The summed E-state index contributed by atoms with van der Waals surface area (Å²) in [5.74, 6) is 1.13. The summed E-state index contributed by atoms with van der Waals surface area (Å²) >= 11 is 0. The fraction of sp³-hybridized carbons (Fsp3) is 0.0769. The van der Waals surface area contributed by atoms with Crippen molar-refractivity contribution in [3.05, 3.63) is 106 Å². The van der Waals surface area contributed by atoms with Crippen LogP contribution in [0.3, 0.4) is 0 Å². The topological polar surface area (TPSA) is 107 Å². The summed E-state index contributed by atoms with van der Waals surface area (Å²) < 4.78 is 11.2. The van der Waals surface area contributed by atoms with Crippen molar-refractivity contribution in [1.82, 2.24) is 5.43 Å². The third kappa shape index (κ3) is 5.55. The number of rotatable bonds is 8. The molecule has 34 heavy (non-hydrogen) atoms. The first-order valence-corrected chi connectivity index (χ1v) is 10.4. The van der Waals surface area contributed by atoms with Crippen molar-refractivity contribution in [2.75, 3.05) is 6.61 Å². The van der Waals surface area contributed by atoms with E-state index in [9.17, 15) is 14.9 Å². The molecule has 0 saturated heterocycles. The molecule has 0 fully saturated rings. The van der Waals surface area contributed by atoms with Gasteiger partial charge in [-0.15, -0.1) is 0 Å². The van der Waals surface area contributed by atoms with Gasteiger partial charge < -0.3 is 9.15 Å². The van der Waals surface area contributed by atoms with E-state index in [4.69, 9.17) is 9.15 Å². The number of hydrogen-bond acceptors (Lipinski definition) is 6. The molecule has 0 aliphatic heterocycles. The van der Waals surface area contributed by atoms with E-state index in [0.717, 1.165) is 16.7 Å². The van der Waals surface area contributed by atoms with Gasteiger partial charge in [0.05, 0.1) is 11.1 Å². The lowest BCUT2D eigenvalue weighted by Crippen LogP contribution is -2.24. The first-order chi connectivity index (χ1) is 16.5. The van der Waals surface area contributed by atoms with Crippen molar-refractivity contribution in [2.24, 2.45) is 5.10 Å². The molecular formula is C26H21N3O5. The molecule has 1 aromatic heterocycles. The van der Waals surface area contributed by atoms with E-state index in [1.54, 1.807) is 25.1 Å². The van der Waals surface area contributed by atoms with Gasteiger partial charge in [-0.1, -0.05) is 42.5 Å². The Morgan fingerprint density at radius 2 is 1.76 bits per heavy atom. The van der Waals surface area contributed by atoms with E-state index in [1.165, 1.54) is 18.3 Å². The standard InChI is InChI=1S/C26H21N3O5/c1-18-15-21(29(31)32)9-13-24(18)25-14-12-23(34-25)16-27-28-26(30)17-33-22-10-7-20(8-11-22)19-5-3-2-4-6-19/h2-16H,17H2,1H3,(H,28,30)/b27-16-. The van der Waals surface area contributed by atoms with Crippen molar-refractivity contribution < 1.29 is 18.9 Å². The van der Waals surface area contributed by atoms with E-state index < -0.39 is 10.8 Å². The highest BCUT2D eigenvalue weighted by molar-refractivity contribution is 5.82. The highest BCUT2D eigenvalue weighted by atomic mass is 16.6. The van der Waals surface area contributed by atoms with E-state index in [2.05, 4.69) is 10.5 Å². The molecule has 3 aromatic carbocycles. The largest absolute Gasteiger partial charge is 0.484 e. The van der Waals surface area contributed by atoms with Gasteiger partial charge in [0.25, 0.3) is 11.6 Å². The normalized spacial score (nSPS) is 10.9. The number of nitro benzene ring substituents is 1. The number of ether oxygens (including phenoxy) is 1. The number of nitrogens with one attached hydrogen (secondary N) is 1. The van der Waals surface area contributed by atoms with Crippen LogP contribution in [0.1, 0.15) is 11.3 Å². The second-order valence-electron chi connectivity index (χ2n) is 7.43.